The Bertz CT molecular complexity index is 411. The number of guanidine groups is 1. The lowest BCUT2D eigenvalue weighted by atomic mass is 10.1. The second-order valence-electron chi connectivity index (χ2n) is 3.91. The van der Waals surface area contributed by atoms with Crippen LogP contribution in [-0.2, 0) is 4.74 Å². The number of aliphatic imine (C=N–C) groups is 1. The number of hydrazine groups is 1. The zero-order valence-electron chi connectivity index (χ0n) is 10.9. The molecule has 1 aromatic rings. The molecule has 5 nitrogen and oxygen atoms in total. The molecular weight excluding hydrogens is 296 g/mol. The number of aryl methyl sites for hydroxylation is 2. The van der Waals surface area contributed by atoms with Crippen molar-refractivity contribution in [2.24, 2.45) is 10.8 Å². The van der Waals surface area contributed by atoms with Crippen molar-refractivity contribution >= 4 is 27.6 Å². The number of methoxy groups -OCH3 is 1. The lowest BCUT2D eigenvalue weighted by molar-refractivity contribution is 0.208. The topological polar surface area (TPSA) is 71.7 Å². The van der Waals surface area contributed by atoms with Gasteiger partial charge in [-0.1, -0.05) is 15.9 Å². The zero-order chi connectivity index (χ0) is 13.5. The average Bonchev–Trinajstić information content (AvgIpc) is 2.31. The van der Waals surface area contributed by atoms with E-state index >= 15 is 0 Å². The fourth-order valence-corrected chi connectivity index (χ4v) is 2.28. The third-order valence-corrected chi connectivity index (χ3v) is 2.90. The van der Waals surface area contributed by atoms with Crippen molar-refractivity contribution in [2.75, 3.05) is 25.6 Å². The minimum absolute atomic E-state index is 0.528. The van der Waals surface area contributed by atoms with E-state index in [9.17, 15) is 0 Å². The second-order valence-corrected chi connectivity index (χ2v) is 4.82. The molecule has 0 spiro atoms. The number of benzene rings is 1. The molecule has 0 fully saturated rings. The summed E-state index contributed by atoms with van der Waals surface area (Å²) in [7, 11) is 1.64. The van der Waals surface area contributed by atoms with Crippen LogP contribution in [0.4, 0.5) is 5.69 Å². The van der Waals surface area contributed by atoms with Crippen LogP contribution in [0.5, 0.6) is 0 Å². The van der Waals surface area contributed by atoms with Gasteiger partial charge in [-0.15, -0.1) is 0 Å². The number of hydrogen-bond donors (Lipinski definition) is 3. The summed E-state index contributed by atoms with van der Waals surface area (Å²) in [6.45, 7) is 5.18. The van der Waals surface area contributed by atoms with Gasteiger partial charge in [0, 0.05) is 17.3 Å². The van der Waals surface area contributed by atoms with Gasteiger partial charge in [0.05, 0.1) is 13.2 Å². The number of ether oxygens (including phenoxy) is 1. The van der Waals surface area contributed by atoms with Gasteiger partial charge >= 0.3 is 0 Å². The van der Waals surface area contributed by atoms with E-state index in [0.29, 0.717) is 19.1 Å². The summed E-state index contributed by atoms with van der Waals surface area (Å²) in [5, 5.41) is 3.19. The standard InChI is InChI=1S/C12H19BrN4O/c1-8-6-10(13)7-9(2)11(8)16-12(17-14)15-4-5-18-3/h6-7H,4-5,14H2,1-3H3,(H2,15,16,17). The van der Waals surface area contributed by atoms with Crippen molar-refractivity contribution in [3.63, 3.8) is 0 Å². The van der Waals surface area contributed by atoms with Gasteiger partial charge in [0.1, 0.15) is 0 Å². The van der Waals surface area contributed by atoms with Crippen LogP contribution in [0.2, 0.25) is 0 Å². The third-order valence-electron chi connectivity index (χ3n) is 2.44. The summed E-state index contributed by atoms with van der Waals surface area (Å²) in [6, 6.07) is 4.08. The first-order chi connectivity index (χ1) is 8.58. The maximum atomic E-state index is 5.44. The Hall–Kier alpha value is -1.11. The Balaban J connectivity index is 2.85. The minimum atomic E-state index is 0.528. The molecule has 0 atom stereocenters. The second kappa shape index (κ2) is 7.35. The van der Waals surface area contributed by atoms with Crippen LogP contribution in [-0.4, -0.2) is 26.2 Å². The predicted molar refractivity (Wildman–Crippen MR) is 78.7 cm³/mol. The number of nitrogens with zero attached hydrogens (tertiary/aromatic N) is 1. The molecule has 1 rings (SSSR count). The van der Waals surface area contributed by atoms with Crippen LogP contribution in [0, 0.1) is 13.8 Å². The summed E-state index contributed by atoms with van der Waals surface area (Å²) in [6.07, 6.45) is 0. The summed E-state index contributed by atoms with van der Waals surface area (Å²) < 4.78 is 6.00. The SMILES string of the molecule is COCCN=C(NN)Nc1c(C)cc(Br)cc1C. The zero-order valence-corrected chi connectivity index (χ0v) is 12.5. The van der Waals surface area contributed by atoms with Crippen molar-refractivity contribution < 1.29 is 4.74 Å². The summed E-state index contributed by atoms with van der Waals surface area (Å²) in [5.41, 5.74) is 5.80. The molecule has 6 heteroatoms. The van der Waals surface area contributed by atoms with E-state index in [1.165, 1.54) is 0 Å². The lowest BCUT2D eigenvalue weighted by Crippen LogP contribution is -2.37. The molecule has 1 aromatic carbocycles. The Morgan fingerprint density at radius 2 is 2.00 bits per heavy atom. The van der Waals surface area contributed by atoms with E-state index in [-0.39, 0.29) is 0 Å². The van der Waals surface area contributed by atoms with Gasteiger partial charge in [-0.05, 0) is 37.1 Å². The van der Waals surface area contributed by atoms with E-state index in [1.54, 1.807) is 7.11 Å². The van der Waals surface area contributed by atoms with Crippen LogP contribution in [0.15, 0.2) is 21.6 Å². The molecule has 0 radical (unpaired) electrons. The molecule has 0 aliphatic carbocycles. The average molecular weight is 315 g/mol. The highest BCUT2D eigenvalue weighted by Gasteiger charge is 2.06. The first-order valence-corrected chi connectivity index (χ1v) is 6.41. The lowest BCUT2D eigenvalue weighted by Gasteiger charge is -2.14. The molecule has 100 valence electrons. The molecule has 0 unspecified atom stereocenters. The number of halogens is 1. The van der Waals surface area contributed by atoms with Crippen molar-refractivity contribution in [1.82, 2.24) is 5.43 Å². The van der Waals surface area contributed by atoms with Crippen LogP contribution < -0.4 is 16.6 Å². The number of anilines is 1. The highest BCUT2D eigenvalue weighted by molar-refractivity contribution is 9.10. The normalized spacial score (nSPS) is 11.5. The number of nitrogens with one attached hydrogen (secondary N) is 2. The predicted octanol–water partition coefficient (Wildman–Crippen LogP) is 1.94. The van der Waals surface area contributed by atoms with Crippen LogP contribution in [0.3, 0.4) is 0 Å². The van der Waals surface area contributed by atoms with E-state index in [0.717, 1.165) is 21.3 Å². The van der Waals surface area contributed by atoms with E-state index in [1.807, 2.05) is 26.0 Å². The van der Waals surface area contributed by atoms with E-state index in [2.05, 4.69) is 31.7 Å². The van der Waals surface area contributed by atoms with Crippen molar-refractivity contribution in [3.8, 4) is 0 Å². The molecule has 0 heterocycles. The van der Waals surface area contributed by atoms with Gasteiger partial charge in [0.15, 0.2) is 0 Å². The van der Waals surface area contributed by atoms with Gasteiger partial charge in [-0.3, -0.25) is 5.43 Å². The van der Waals surface area contributed by atoms with Gasteiger partial charge in [-0.25, -0.2) is 10.8 Å². The highest BCUT2D eigenvalue weighted by Crippen LogP contribution is 2.24. The monoisotopic (exact) mass is 314 g/mol. The van der Waals surface area contributed by atoms with Gasteiger partial charge < -0.3 is 10.1 Å². The Labute approximate surface area is 116 Å². The van der Waals surface area contributed by atoms with Gasteiger partial charge in [0.2, 0.25) is 5.96 Å². The first kappa shape index (κ1) is 14.9. The van der Waals surface area contributed by atoms with Gasteiger partial charge in [-0.2, -0.15) is 0 Å². The van der Waals surface area contributed by atoms with Crippen LogP contribution in [0.25, 0.3) is 0 Å². The van der Waals surface area contributed by atoms with Crippen molar-refractivity contribution in [2.45, 2.75) is 13.8 Å². The maximum Gasteiger partial charge on any atom is 0.210 e. The first-order valence-electron chi connectivity index (χ1n) is 5.62. The van der Waals surface area contributed by atoms with Crippen LogP contribution >= 0.6 is 15.9 Å². The molecular formula is C12H19BrN4O. The number of hydrogen-bond acceptors (Lipinski definition) is 3. The molecule has 0 aromatic heterocycles. The minimum Gasteiger partial charge on any atom is -0.383 e. The van der Waals surface area contributed by atoms with Crippen molar-refractivity contribution in [1.29, 1.82) is 0 Å². The largest absolute Gasteiger partial charge is 0.383 e. The molecule has 0 amide bonds. The fourth-order valence-electron chi connectivity index (χ4n) is 1.60. The van der Waals surface area contributed by atoms with Crippen LogP contribution in [0.1, 0.15) is 11.1 Å². The number of rotatable bonds is 4. The van der Waals surface area contributed by atoms with Crippen molar-refractivity contribution in [3.05, 3.63) is 27.7 Å². The molecule has 18 heavy (non-hydrogen) atoms. The number of nitrogens with two attached hydrogens (primary N) is 1. The molecule has 0 bridgehead atoms. The Morgan fingerprint density at radius 3 is 2.50 bits per heavy atom. The molecule has 4 N–H and O–H groups in total. The fraction of sp³-hybridized carbons (Fsp3) is 0.417. The summed E-state index contributed by atoms with van der Waals surface area (Å²) in [5.74, 6) is 5.97. The molecule has 0 saturated carbocycles. The Kier molecular flexibility index (Phi) is 6.11. The third kappa shape index (κ3) is 4.29. The molecule has 0 aliphatic heterocycles. The van der Waals surface area contributed by atoms with E-state index < -0.39 is 0 Å². The summed E-state index contributed by atoms with van der Waals surface area (Å²) in [4.78, 5) is 4.26. The highest BCUT2D eigenvalue weighted by atomic mass is 79.9. The maximum absolute atomic E-state index is 5.44. The molecule has 0 saturated heterocycles. The quantitative estimate of drug-likeness (QED) is 0.261. The van der Waals surface area contributed by atoms with E-state index in [4.69, 9.17) is 10.6 Å². The summed E-state index contributed by atoms with van der Waals surface area (Å²) >= 11 is 3.47. The van der Waals surface area contributed by atoms with Gasteiger partial charge in [0.25, 0.3) is 0 Å². The molecule has 0 aliphatic rings. The smallest absolute Gasteiger partial charge is 0.210 e. The Morgan fingerprint density at radius 1 is 1.39 bits per heavy atom.